The zero-order chi connectivity index (χ0) is 19.9. The second-order valence-electron chi connectivity index (χ2n) is 7.70. The summed E-state index contributed by atoms with van der Waals surface area (Å²) in [6.45, 7) is 4.25. The van der Waals surface area contributed by atoms with Crippen LogP contribution in [0, 0.1) is 11.7 Å². The number of phenols is 1. The van der Waals surface area contributed by atoms with Gasteiger partial charge in [0.05, 0.1) is 6.04 Å². The molecule has 0 aliphatic carbocycles. The van der Waals surface area contributed by atoms with Gasteiger partial charge in [-0.05, 0) is 87.0 Å². The van der Waals surface area contributed by atoms with Crippen LogP contribution in [-0.2, 0) is 17.8 Å². The largest absolute Gasteiger partial charge is 0.508 e. The molecule has 0 bridgehead atoms. The van der Waals surface area contributed by atoms with Gasteiger partial charge in [-0.1, -0.05) is 24.3 Å². The Morgan fingerprint density at radius 3 is 2.36 bits per heavy atom. The monoisotopic (exact) mass is 384 g/mol. The van der Waals surface area contributed by atoms with Gasteiger partial charge in [-0.25, -0.2) is 4.39 Å². The number of nitrogens with zero attached hydrogens (tertiary/aromatic N) is 1. The molecule has 1 amide bonds. The summed E-state index contributed by atoms with van der Waals surface area (Å²) in [6.07, 6.45) is 4.38. The first-order chi connectivity index (χ1) is 13.5. The third-order valence-electron chi connectivity index (χ3n) is 5.73. The number of benzene rings is 2. The quantitative estimate of drug-likeness (QED) is 0.762. The molecule has 2 N–H and O–H groups in total. The lowest BCUT2D eigenvalue weighted by Gasteiger charge is -2.35. The molecule has 1 aliphatic rings. The summed E-state index contributed by atoms with van der Waals surface area (Å²) in [4.78, 5) is 14.7. The summed E-state index contributed by atoms with van der Waals surface area (Å²) in [6, 6.07) is 13.5. The second kappa shape index (κ2) is 9.69. The van der Waals surface area contributed by atoms with Crippen molar-refractivity contribution in [3.8, 4) is 5.75 Å². The Labute approximate surface area is 166 Å². The van der Waals surface area contributed by atoms with Crippen molar-refractivity contribution in [2.45, 2.75) is 45.2 Å². The Hall–Kier alpha value is -2.40. The van der Waals surface area contributed by atoms with E-state index in [4.69, 9.17) is 0 Å². The van der Waals surface area contributed by atoms with E-state index in [2.05, 4.69) is 10.2 Å². The normalized spacial score (nSPS) is 16.6. The van der Waals surface area contributed by atoms with E-state index in [1.807, 2.05) is 19.1 Å². The number of nitrogens with one attached hydrogen (secondary N) is 1. The first-order valence-electron chi connectivity index (χ1n) is 10.1. The van der Waals surface area contributed by atoms with E-state index >= 15 is 0 Å². The number of carbonyl (C=O) groups excluding carboxylic acids is 1. The number of likely N-dealkylation sites (tertiary alicyclic amines) is 1. The maximum absolute atomic E-state index is 13.0. The van der Waals surface area contributed by atoms with Gasteiger partial charge >= 0.3 is 0 Å². The molecular formula is C23H29FN2O2. The lowest BCUT2D eigenvalue weighted by molar-refractivity contribution is -0.126. The molecule has 0 radical (unpaired) electrons. The van der Waals surface area contributed by atoms with E-state index in [1.54, 1.807) is 24.3 Å². The highest BCUT2D eigenvalue weighted by atomic mass is 19.1. The molecule has 2 aromatic carbocycles. The van der Waals surface area contributed by atoms with Crippen LogP contribution in [0.15, 0.2) is 48.5 Å². The van der Waals surface area contributed by atoms with Gasteiger partial charge in [0, 0.05) is 6.54 Å². The van der Waals surface area contributed by atoms with E-state index in [-0.39, 0.29) is 17.8 Å². The first-order valence-corrected chi connectivity index (χ1v) is 10.1. The van der Waals surface area contributed by atoms with Gasteiger partial charge in [-0.15, -0.1) is 0 Å². The number of carbonyl (C=O) groups is 1. The van der Waals surface area contributed by atoms with Crippen LogP contribution in [0.25, 0.3) is 0 Å². The number of hydrogen-bond acceptors (Lipinski definition) is 3. The van der Waals surface area contributed by atoms with Crippen LogP contribution in [-0.4, -0.2) is 35.0 Å². The van der Waals surface area contributed by atoms with Crippen molar-refractivity contribution in [3.63, 3.8) is 0 Å². The maximum atomic E-state index is 13.0. The molecule has 1 fully saturated rings. The van der Waals surface area contributed by atoms with Gasteiger partial charge in [0.2, 0.25) is 5.91 Å². The number of aryl methyl sites for hydroxylation is 1. The van der Waals surface area contributed by atoms with Crippen molar-refractivity contribution in [2.24, 2.45) is 5.92 Å². The van der Waals surface area contributed by atoms with E-state index < -0.39 is 0 Å². The minimum Gasteiger partial charge on any atom is -0.508 e. The van der Waals surface area contributed by atoms with Crippen LogP contribution >= 0.6 is 0 Å². The molecule has 0 spiro atoms. The molecule has 1 aliphatic heterocycles. The van der Waals surface area contributed by atoms with Gasteiger partial charge in [0.1, 0.15) is 11.6 Å². The minimum atomic E-state index is -0.267. The molecule has 0 aromatic heterocycles. The highest BCUT2D eigenvalue weighted by Gasteiger charge is 2.26. The molecule has 1 saturated heterocycles. The smallest absolute Gasteiger partial charge is 0.237 e. The molecule has 1 atom stereocenters. The molecule has 2 aromatic rings. The average Bonchev–Trinajstić information content (AvgIpc) is 2.72. The predicted molar refractivity (Wildman–Crippen MR) is 108 cm³/mol. The van der Waals surface area contributed by atoms with Crippen molar-refractivity contribution < 1.29 is 14.3 Å². The number of piperidine rings is 1. The molecule has 28 heavy (non-hydrogen) atoms. The fraction of sp³-hybridized carbons (Fsp3) is 0.435. The number of amides is 1. The zero-order valence-corrected chi connectivity index (χ0v) is 16.4. The summed E-state index contributed by atoms with van der Waals surface area (Å²) in [5.41, 5.74) is 2.16. The Morgan fingerprint density at radius 2 is 1.71 bits per heavy atom. The lowest BCUT2D eigenvalue weighted by atomic mass is 9.90. The standard InChI is InChI=1S/C23H29FN2O2/c1-17(23(28)25-16-20-4-8-21(24)9-5-20)26-14-12-19(13-15-26)3-2-18-6-10-22(27)11-7-18/h4-11,17,19,27H,2-3,12-16H2,1H3,(H,25,28)/t17-/m1/s1. The molecule has 0 saturated carbocycles. The third kappa shape index (κ3) is 5.80. The Morgan fingerprint density at radius 1 is 1.11 bits per heavy atom. The maximum Gasteiger partial charge on any atom is 0.237 e. The van der Waals surface area contributed by atoms with Crippen LogP contribution in [0.2, 0.25) is 0 Å². The molecule has 4 nitrogen and oxygen atoms in total. The summed E-state index contributed by atoms with van der Waals surface area (Å²) < 4.78 is 13.0. The second-order valence-corrected chi connectivity index (χ2v) is 7.70. The number of hydrogen-bond donors (Lipinski definition) is 2. The fourth-order valence-electron chi connectivity index (χ4n) is 3.77. The van der Waals surface area contributed by atoms with Crippen LogP contribution in [0.1, 0.15) is 37.3 Å². The van der Waals surface area contributed by atoms with Crippen molar-refractivity contribution in [1.82, 2.24) is 10.2 Å². The Bertz CT molecular complexity index is 753. The highest BCUT2D eigenvalue weighted by Crippen LogP contribution is 2.24. The van der Waals surface area contributed by atoms with Crippen molar-refractivity contribution in [2.75, 3.05) is 13.1 Å². The van der Waals surface area contributed by atoms with E-state index in [0.29, 0.717) is 18.2 Å². The molecule has 5 heteroatoms. The summed E-state index contributed by atoms with van der Waals surface area (Å²) >= 11 is 0. The molecule has 1 heterocycles. The topological polar surface area (TPSA) is 52.6 Å². The Balaban J connectivity index is 1.38. The minimum absolute atomic E-state index is 0.0202. The van der Waals surface area contributed by atoms with Gasteiger partial charge < -0.3 is 10.4 Å². The SMILES string of the molecule is C[C@H](C(=O)NCc1ccc(F)cc1)N1CCC(CCc2ccc(O)cc2)CC1. The number of aromatic hydroxyl groups is 1. The molecule has 0 unspecified atom stereocenters. The van der Waals surface area contributed by atoms with Gasteiger partial charge in [-0.2, -0.15) is 0 Å². The average molecular weight is 384 g/mol. The van der Waals surface area contributed by atoms with Gasteiger partial charge in [-0.3, -0.25) is 9.69 Å². The van der Waals surface area contributed by atoms with Crippen LogP contribution in [0.4, 0.5) is 4.39 Å². The van der Waals surface area contributed by atoms with E-state index in [1.165, 1.54) is 17.7 Å². The molecule has 150 valence electrons. The van der Waals surface area contributed by atoms with E-state index in [9.17, 15) is 14.3 Å². The van der Waals surface area contributed by atoms with Crippen molar-refractivity contribution in [1.29, 1.82) is 0 Å². The lowest BCUT2D eigenvalue weighted by Crippen LogP contribution is -2.48. The van der Waals surface area contributed by atoms with Crippen LogP contribution < -0.4 is 5.32 Å². The highest BCUT2D eigenvalue weighted by molar-refractivity contribution is 5.81. The van der Waals surface area contributed by atoms with Crippen molar-refractivity contribution >= 4 is 5.91 Å². The van der Waals surface area contributed by atoms with Crippen molar-refractivity contribution in [3.05, 3.63) is 65.5 Å². The van der Waals surface area contributed by atoms with E-state index in [0.717, 1.165) is 44.3 Å². The number of rotatable bonds is 7. The molecule has 3 rings (SSSR count). The summed E-state index contributed by atoms with van der Waals surface area (Å²) in [5, 5.41) is 12.3. The zero-order valence-electron chi connectivity index (χ0n) is 16.4. The molecular weight excluding hydrogens is 355 g/mol. The number of halogens is 1. The predicted octanol–water partition coefficient (Wildman–Crippen LogP) is 3.88. The van der Waals surface area contributed by atoms with Gasteiger partial charge in [0.15, 0.2) is 0 Å². The summed E-state index contributed by atoms with van der Waals surface area (Å²) in [7, 11) is 0. The van der Waals surface area contributed by atoms with Crippen LogP contribution in [0.5, 0.6) is 5.75 Å². The van der Waals surface area contributed by atoms with Crippen LogP contribution in [0.3, 0.4) is 0 Å². The number of phenolic OH excluding ortho intramolecular Hbond substituents is 1. The first kappa shape index (κ1) is 20.3. The fourth-order valence-corrected chi connectivity index (χ4v) is 3.77. The van der Waals surface area contributed by atoms with Gasteiger partial charge in [0.25, 0.3) is 0 Å². The Kier molecular flexibility index (Phi) is 7.04. The summed E-state index contributed by atoms with van der Waals surface area (Å²) in [5.74, 6) is 0.742. The third-order valence-corrected chi connectivity index (χ3v) is 5.73.